The quantitative estimate of drug-likeness (QED) is 0.736. The fraction of sp³-hybridized carbons (Fsp3) is 0. The molecule has 2 aromatic heterocycles. The van der Waals surface area contributed by atoms with Gasteiger partial charge in [0.25, 0.3) is 0 Å². The van der Waals surface area contributed by atoms with Crippen molar-refractivity contribution in [3.05, 3.63) is 36.2 Å². The smallest absolute Gasteiger partial charge is 0.178 e. The molecule has 5 heteroatoms. The van der Waals surface area contributed by atoms with Gasteiger partial charge >= 0.3 is 0 Å². The molecule has 2 aromatic rings. The highest BCUT2D eigenvalue weighted by Gasteiger charge is 2.02. The molecule has 0 radical (unpaired) electrons. The molecule has 0 bridgehead atoms. The zero-order chi connectivity index (χ0) is 10.7. The number of pyridine rings is 1. The normalized spacial score (nSPS) is 9.53. The Hall–Kier alpha value is -2.48. The topological polar surface area (TPSA) is 88.5 Å². The fourth-order valence-corrected chi connectivity index (χ4v) is 1.09. The molecule has 0 saturated carbocycles. The maximum absolute atomic E-state index is 8.58. The first kappa shape index (κ1) is 9.09. The number of rotatable bonds is 1. The molecule has 0 aliphatic carbocycles. The van der Waals surface area contributed by atoms with Crippen LogP contribution in [-0.2, 0) is 0 Å². The van der Waals surface area contributed by atoms with Crippen LogP contribution in [0, 0.1) is 11.3 Å². The first-order chi connectivity index (χ1) is 7.29. The Balaban J connectivity index is 2.42. The first-order valence-corrected chi connectivity index (χ1v) is 4.24. The number of aromatic nitrogens is 3. The summed E-state index contributed by atoms with van der Waals surface area (Å²) < 4.78 is 0. The molecule has 0 aliphatic heterocycles. The number of nitrogens with zero attached hydrogens (tertiary/aromatic N) is 4. The summed E-state index contributed by atoms with van der Waals surface area (Å²) in [7, 11) is 0. The summed E-state index contributed by atoms with van der Waals surface area (Å²) in [6.07, 6.45) is 2.90. The molecule has 15 heavy (non-hydrogen) atoms. The molecule has 5 nitrogen and oxygen atoms in total. The highest BCUT2D eigenvalue weighted by Crippen LogP contribution is 2.12. The van der Waals surface area contributed by atoms with Crippen molar-refractivity contribution in [3.8, 4) is 17.6 Å². The van der Waals surface area contributed by atoms with Crippen molar-refractivity contribution in [1.82, 2.24) is 15.0 Å². The van der Waals surface area contributed by atoms with Gasteiger partial charge in [0.15, 0.2) is 5.82 Å². The van der Waals surface area contributed by atoms with E-state index in [0.717, 1.165) is 0 Å². The number of hydrogen-bond acceptors (Lipinski definition) is 5. The number of hydrogen-bond donors (Lipinski definition) is 1. The van der Waals surface area contributed by atoms with Crippen molar-refractivity contribution >= 4 is 5.82 Å². The van der Waals surface area contributed by atoms with Crippen LogP contribution < -0.4 is 5.73 Å². The van der Waals surface area contributed by atoms with E-state index >= 15 is 0 Å². The summed E-state index contributed by atoms with van der Waals surface area (Å²) in [5.74, 6) is 0.877. The van der Waals surface area contributed by atoms with Crippen LogP contribution in [0.1, 0.15) is 5.56 Å². The van der Waals surface area contributed by atoms with E-state index < -0.39 is 0 Å². The average Bonchev–Trinajstić information content (AvgIpc) is 2.29. The lowest BCUT2D eigenvalue weighted by atomic mass is 10.3. The van der Waals surface area contributed by atoms with Crippen molar-refractivity contribution in [2.75, 3.05) is 5.73 Å². The van der Waals surface area contributed by atoms with E-state index in [9.17, 15) is 0 Å². The van der Waals surface area contributed by atoms with Gasteiger partial charge in [0.1, 0.15) is 17.6 Å². The van der Waals surface area contributed by atoms with Gasteiger partial charge in [-0.25, -0.2) is 15.0 Å². The van der Waals surface area contributed by atoms with Crippen LogP contribution in [0.3, 0.4) is 0 Å². The lowest BCUT2D eigenvalue weighted by Gasteiger charge is -1.99. The number of nitrogen functional groups attached to an aromatic ring is 1. The molecule has 0 spiro atoms. The molecule has 0 aromatic carbocycles. The van der Waals surface area contributed by atoms with Crippen LogP contribution in [0.5, 0.6) is 0 Å². The second kappa shape index (κ2) is 3.72. The predicted octanol–water partition coefficient (Wildman–Crippen LogP) is 0.992. The predicted molar refractivity (Wildman–Crippen MR) is 54.4 cm³/mol. The van der Waals surface area contributed by atoms with E-state index in [0.29, 0.717) is 22.9 Å². The largest absolute Gasteiger partial charge is 0.384 e. The van der Waals surface area contributed by atoms with Crippen molar-refractivity contribution in [1.29, 1.82) is 5.26 Å². The molecule has 0 atom stereocenters. The van der Waals surface area contributed by atoms with Gasteiger partial charge in [0.05, 0.1) is 5.56 Å². The molecule has 72 valence electrons. The highest BCUT2D eigenvalue weighted by atomic mass is 14.9. The molecule has 0 aliphatic rings. The van der Waals surface area contributed by atoms with Crippen LogP contribution in [-0.4, -0.2) is 15.0 Å². The minimum Gasteiger partial charge on any atom is -0.384 e. The van der Waals surface area contributed by atoms with E-state index in [1.807, 2.05) is 6.07 Å². The Kier molecular flexibility index (Phi) is 2.25. The Bertz CT molecular complexity index is 512. The molecule has 0 saturated heterocycles. The summed E-state index contributed by atoms with van der Waals surface area (Å²) in [6.45, 7) is 0. The highest BCUT2D eigenvalue weighted by molar-refractivity contribution is 5.52. The average molecular weight is 197 g/mol. The van der Waals surface area contributed by atoms with Crippen molar-refractivity contribution < 1.29 is 0 Å². The monoisotopic (exact) mass is 197 g/mol. The van der Waals surface area contributed by atoms with Gasteiger partial charge in [-0.3, -0.25) is 0 Å². The molecular formula is C10H7N5. The van der Waals surface area contributed by atoms with E-state index in [1.165, 1.54) is 12.4 Å². The van der Waals surface area contributed by atoms with E-state index in [-0.39, 0.29) is 0 Å². The number of nitriles is 1. The van der Waals surface area contributed by atoms with Crippen LogP contribution in [0.2, 0.25) is 0 Å². The first-order valence-electron chi connectivity index (χ1n) is 4.24. The third-order valence-electron chi connectivity index (χ3n) is 1.78. The van der Waals surface area contributed by atoms with Crippen LogP contribution in [0.15, 0.2) is 30.6 Å². The van der Waals surface area contributed by atoms with Crippen molar-refractivity contribution in [2.24, 2.45) is 0 Å². The number of anilines is 1. The van der Waals surface area contributed by atoms with Gasteiger partial charge in [0.2, 0.25) is 0 Å². The Morgan fingerprint density at radius 2 is 1.93 bits per heavy atom. The molecule has 2 rings (SSSR count). The minimum absolute atomic E-state index is 0.417. The zero-order valence-corrected chi connectivity index (χ0v) is 7.75. The van der Waals surface area contributed by atoms with E-state index in [2.05, 4.69) is 15.0 Å². The fourth-order valence-electron chi connectivity index (χ4n) is 1.09. The summed E-state index contributed by atoms with van der Waals surface area (Å²) in [5.41, 5.74) is 6.55. The van der Waals surface area contributed by atoms with Gasteiger partial charge in [-0.15, -0.1) is 0 Å². The third-order valence-corrected chi connectivity index (χ3v) is 1.78. The molecule has 0 unspecified atom stereocenters. The standard InChI is InChI=1S/C10H7N5/c11-4-7-5-13-10(14-6-7)8-2-1-3-9(12)15-8/h1-3,5-6H,(H2,12,15). The van der Waals surface area contributed by atoms with E-state index in [4.69, 9.17) is 11.0 Å². The molecule has 0 fully saturated rings. The second-order valence-electron chi connectivity index (χ2n) is 2.85. The maximum Gasteiger partial charge on any atom is 0.178 e. The van der Waals surface area contributed by atoms with Crippen molar-refractivity contribution in [2.45, 2.75) is 0 Å². The SMILES string of the molecule is N#Cc1cnc(-c2cccc(N)n2)nc1. The van der Waals surface area contributed by atoms with Crippen LogP contribution in [0.4, 0.5) is 5.82 Å². The maximum atomic E-state index is 8.58. The van der Waals surface area contributed by atoms with Gasteiger partial charge in [-0.05, 0) is 12.1 Å². The second-order valence-corrected chi connectivity index (χ2v) is 2.85. The molecule has 2 N–H and O–H groups in total. The zero-order valence-electron chi connectivity index (χ0n) is 7.75. The Morgan fingerprint density at radius 3 is 2.53 bits per heavy atom. The van der Waals surface area contributed by atoms with Crippen molar-refractivity contribution in [3.63, 3.8) is 0 Å². The van der Waals surface area contributed by atoms with Crippen LogP contribution >= 0.6 is 0 Å². The van der Waals surface area contributed by atoms with Gasteiger partial charge in [-0.1, -0.05) is 6.07 Å². The summed E-state index contributed by atoms with van der Waals surface area (Å²) in [5, 5.41) is 8.58. The Morgan fingerprint density at radius 1 is 1.20 bits per heavy atom. The third kappa shape index (κ3) is 1.89. The lowest BCUT2D eigenvalue weighted by Crippen LogP contribution is -1.95. The molecule has 0 amide bonds. The Labute approximate surface area is 86.2 Å². The molecule has 2 heterocycles. The number of nitrogens with two attached hydrogens (primary N) is 1. The summed E-state index contributed by atoms with van der Waals surface area (Å²) >= 11 is 0. The molecular weight excluding hydrogens is 190 g/mol. The van der Waals surface area contributed by atoms with Gasteiger partial charge < -0.3 is 5.73 Å². The van der Waals surface area contributed by atoms with Crippen LogP contribution in [0.25, 0.3) is 11.5 Å². The summed E-state index contributed by atoms with van der Waals surface area (Å²) in [6, 6.07) is 7.17. The van der Waals surface area contributed by atoms with E-state index in [1.54, 1.807) is 18.2 Å². The minimum atomic E-state index is 0.417. The summed E-state index contributed by atoms with van der Waals surface area (Å²) in [4.78, 5) is 12.1. The van der Waals surface area contributed by atoms with Gasteiger partial charge in [-0.2, -0.15) is 5.26 Å². The van der Waals surface area contributed by atoms with Gasteiger partial charge in [0, 0.05) is 12.4 Å². The lowest BCUT2D eigenvalue weighted by molar-refractivity contribution is 1.13.